The molecule has 0 aliphatic heterocycles. The minimum absolute atomic E-state index is 0.130. The van der Waals surface area contributed by atoms with E-state index < -0.39 is 0 Å². The van der Waals surface area contributed by atoms with Gasteiger partial charge in [0, 0.05) is 5.75 Å². The Hall–Kier alpha value is -1.33. The number of aromatic nitrogens is 3. The first kappa shape index (κ1) is 13.1. The first-order valence-electron chi connectivity index (χ1n) is 5.40. The van der Waals surface area contributed by atoms with Crippen LogP contribution in [0.1, 0.15) is 16.7 Å². The molecular formula is C12H13ClN4S. The number of aryl methyl sites for hydroxylation is 2. The molecule has 18 heavy (non-hydrogen) atoms. The summed E-state index contributed by atoms with van der Waals surface area (Å²) in [6, 6.07) is 6.43. The van der Waals surface area contributed by atoms with Crippen LogP contribution in [0.4, 0.5) is 5.95 Å². The average molecular weight is 281 g/mol. The minimum atomic E-state index is 0.130. The van der Waals surface area contributed by atoms with Crippen LogP contribution >= 0.6 is 23.4 Å². The molecule has 2 rings (SSSR count). The van der Waals surface area contributed by atoms with Crippen molar-refractivity contribution in [2.75, 3.05) is 5.73 Å². The summed E-state index contributed by atoms with van der Waals surface area (Å²) < 4.78 is 0. The molecule has 0 saturated heterocycles. The van der Waals surface area contributed by atoms with E-state index in [1.807, 2.05) is 0 Å². The van der Waals surface area contributed by atoms with Crippen molar-refractivity contribution < 1.29 is 0 Å². The zero-order valence-electron chi connectivity index (χ0n) is 10.1. The van der Waals surface area contributed by atoms with Crippen LogP contribution in [0.25, 0.3) is 0 Å². The Morgan fingerprint density at radius 3 is 2.39 bits per heavy atom. The Bertz CT molecular complexity index is 482. The normalized spacial score (nSPS) is 10.6. The molecule has 0 bridgehead atoms. The quantitative estimate of drug-likeness (QED) is 0.876. The summed E-state index contributed by atoms with van der Waals surface area (Å²) in [5, 5.41) is 0.678. The predicted octanol–water partition coefficient (Wildman–Crippen LogP) is 3.02. The zero-order chi connectivity index (χ0) is 13.1. The first-order valence-corrected chi connectivity index (χ1v) is 6.76. The number of hydrogen-bond donors (Lipinski definition) is 1. The minimum Gasteiger partial charge on any atom is -0.368 e. The van der Waals surface area contributed by atoms with Crippen molar-refractivity contribution in [1.82, 2.24) is 15.0 Å². The second kappa shape index (κ2) is 5.54. The van der Waals surface area contributed by atoms with Crippen molar-refractivity contribution in [2.45, 2.75) is 24.8 Å². The van der Waals surface area contributed by atoms with Gasteiger partial charge in [-0.15, -0.1) is 0 Å². The molecule has 0 aliphatic rings. The molecule has 2 aromatic rings. The van der Waals surface area contributed by atoms with Crippen LogP contribution in [0.2, 0.25) is 5.28 Å². The zero-order valence-corrected chi connectivity index (χ0v) is 11.7. The fourth-order valence-electron chi connectivity index (χ4n) is 1.71. The molecule has 0 aliphatic carbocycles. The van der Waals surface area contributed by atoms with Gasteiger partial charge in [-0.3, -0.25) is 0 Å². The average Bonchev–Trinajstić information content (AvgIpc) is 2.23. The highest BCUT2D eigenvalue weighted by Gasteiger charge is 2.04. The summed E-state index contributed by atoms with van der Waals surface area (Å²) in [6.45, 7) is 4.16. The molecule has 94 valence electrons. The van der Waals surface area contributed by atoms with E-state index in [4.69, 9.17) is 17.3 Å². The van der Waals surface area contributed by atoms with Gasteiger partial charge in [0.05, 0.1) is 0 Å². The van der Waals surface area contributed by atoms with Gasteiger partial charge in [-0.2, -0.15) is 15.0 Å². The summed E-state index contributed by atoms with van der Waals surface area (Å²) >= 11 is 7.22. The van der Waals surface area contributed by atoms with Crippen molar-refractivity contribution in [1.29, 1.82) is 0 Å². The van der Waals surface area contributed by atoms with E-state index >= 15 is 0 Å². The Balaban J connectivity index is 2.11. The number of thioether (sulfide) groups is 1. The van der Waals surface area contributed by atoms with E-state index in [-0.39, 0.29) is 11.2 Å². The molecule has 1 aromatic carbocycles. The lowest BCUT2D eigenvalue weighted by Crippen LogP contribution is -1.99. The summed E-state index contributed by atoms with van der Waals surface area (Å²) in [7, 11) is 0. The maximum Gasteiger partial charge on any atom is 0.228 e. The van der Waals surface area contributed by atoms with Gasteiger partial charge < -0.3 is 5.73 Å². The molecule has 0 atom stereocenters. The number of nitrogens with two attached hydrogens (primary N) is 1. The van der Waals surface area contributed by atoms with Gasteiger partial charge in [-0.25, -0.2) is 0 Å². The van der Waals surface area contributed by atoms with E-state index in [2.05, 4.69) is 47.0 Å². The topological polar surface area (TPSA) is 64.7 Å². The Kier molecular flexibility index (Phi) is 4.04. The van der Waals surface area contributed by atoms with Crippen LogP contribution in [0.3, 0.4) is 0 Å². The Morgan fingerprint density at radius 2 is 1.78 bits per heavy atom. The largest absolute Gasteiger partial charge is 0.368 e. The van der Waals surface area contributed by atoms with Gasteiger partial charge in [0.25, 0.3) is 0 Å². The summed E-state index contributed by atoms with van der Waals surface area (Å²) in [5.41, 5.74) is 9.24. The highest BCUT2D eigenvalue weighted by Crippen LogP contribution is 2.22. The SMILES string of the molecule is Cc1cc(C)cc(CSc2nc(N)nc(Cl)n2)c1. The van der Waals surface area contributed by atoms with E-state index in [0.29, 0.717) is 5.16 Å². The number of nitrogen functional groups attached to an aromatic ring is 1. The van der Waals surface area contributed by atoms with Crippen LogP contribution < -0.4 is 5.73 Å². The number of halogens is 1. The van der Waals surface area contributed by atoms with Crippen molar-refractivity contribution >= 4 is 29.3 Å². The Labute approximate surface area is 115 Å². The fourth-order valence-corrected chi connectivity index (χ4v) is 2.70. The van der Waals surface area contributed by atoms with Crippen molar-refractivity contribution in [3.63, 3.8) is 0 Å². The highest BCUT2D eigenvalue weighted by molar-refractivity contribution is 7.98. The maximum atomic E-state index is 5.73. The van der Waals surface area contributed by atoms with Gasteiger partial charge in [-0.05, 0) is 31.0 Å². The van der Waals surface area contributed by atoms with E-state index in [9.17, 15) is 0 Å². The van der Waals surface area contributed by atoms with Crippen LogP contribution in [0.15, 0.2) is 23.4 Å². The first-order chi connectivity index (χ1) is 8.52. The molecule has 2 N–H and O–H groups in total. The number of anilines is 1. The van der Waals surface area contributed by atoms with Gasteiger partial charge in [-0.1, -0.05) is 41.1 Å². The molecule has 1 heterocycles. The standard InChI is InChI=1S/C12H13ClN4S/c1-7-3-8(2)5-9(4-7)6-18-12-16-10(13)15-11(14)17-12/h3-5H,6H2,1-2H3,(H2,14,15,16,17). The molecular weight excluding hydrogens is 268 g/mol. The third-order valence-corrected chi connectivity index (χ3v) is 3.34. The van der Waals surface area contributed by atoms with E-state index in [1.165, 1.54) is 28.5 Å². The summed E-state index contributed by atoms with van der Waals surface area (Å²) in [4.78, 5) is 11.8. The molecule has 0 saturated carbocycles. The third kappa shape index (κ3) is 3.58. The molecule has 0 radical (unpaired) electrons. The molecule has 0 amide bonds. The molecule has 4 nitrogen and oxygen atoms in total. The van der Waals surface area contributed by atoms with Gasteiger partial charge in [0.1, 0.15) is 0 Å². The molecule has 0 unspecified atom stereocenters. The van der Waals surface area contributed by atoms with Crippen molar-refractivity contribution in [3.8, 4) is 0 Å². The summed E-state index contributed by atoms with van der Waals surface area (Å²) in [5.74, 6) is 0.931. The van der Waals surface area contributed by atoms with Crippen molar-refractivity contribution in [3.05, 3.63) is 40.2 Å². The summed E-state index contributed by atoms with van der Waals surface area (Å²) in [6.07, 6.45) is 0. The monoisotopic (exact) mass is 280 g/mol. The van der Waals surface area contributed by atoms with Gasteiger partial charge >= 0.3 is 0 Å². The lowest BCUT2D eigenvalue weighted by atomic mass is 10.1. The van der Waals surface area contributed by atoms with E-state index in [1.54, 1.807) is 0 Å². The lowest BCUT2D eigenvalue weighted by Gasteiger charge is -2.04. The van der Waals surface area contributed by atoms with E-state index in [0.717, 1.165) is 5.75 Å². The molecule has 0 fully saturated rings. The third-order valence-electron chi connectivity index (χ3n) is 2.25. The predicted molar refractivity (Wildman–Crippen MR) is 74.7 cm³/mol. The second-order valence-electron chi connectivity index (χ2n) is 4.03. The molecule has 6 heteroatoms. The number of benzene rings is 1. The lowest BCUT2D eigenvalue weighted by molar-refractivity contribution is 0.916. The molecule has 1 aromatic heterocycles. The van der Waals surface area contributed by atoms with Crippen LogP contribution in [0, 0.1) is 13.8 Å². The van der Waals surface area contributed by atoms with Gasteiger partial charge in [0.2, 0.25) is 11.2 Å². The number of hydrogen-bond acceptors (Lipinski definition) is 5. The van der Waals surface area contributed by atoms with Gasteiger partial charge in [0.15, 0.2) is 5.16 Å². The van der Waals surface area contributed by atoms with Crippen molar-refractivity contribution in [2.24, 2.45) is 0 Å². The highest BCUT2D eigenvalue weighted by atomic mass is 35.5. The van der Waals surface area contributed by atoms with Crippen LogP contribution in [-0.4, -0.2) is 15.0 Å². The Morgan fingerprint density at radius 1 is 1.11 bits per heavy atom. The number of rotatable bonds is 3. The van der Waals surface area contributed by atoms with Crippen LogP contribution in [0.5, 0.6) is 0 Å². The molecule has 0 spiro atoms. The maximum absolute atomic E-state index is 5.73. The number of nitrogens with zero attached hydrogens (tertiary/aromatic N) is 3. The van der Waals surface area contributed by atoms with Crippen LogP contribution in [-0.2, 0) is 5.75 Å². The second-order valence-corrected chi connectivity index (χ2v) is 5.31. The fraction of sp³-hybridized carbons (Fsp3) is 0.250. The smallest absolute Gasteiger partial charge is 0.228 e.